The number of β-amino-alcohol motifs (C(OH)–C–C–N with tert-alkyl or cyclic N) is 1. The van der Waals surface area contributed by atoms with Crippen molar-refractivity contribution in [3.8, 4) is 0 Å². The van der Waals surface area contributed by atoms with Crippen LogP contribution in [0.25, 0.3) is 0 Å². The fourth-order valence-electron chi connectivity index (χ4n) is 5.55. The first-order chi connectivity index (χ1) is 14.5. The number of ether oxygens (including phenoxy) is 1. The van der Waals surface area contributed by atoms with Gasteiger partial charge in [-0.1, -0.05) is 44.8 Å². The van der Waals surface area contributed by atoms with Crippen LogP contribution in [0.1, 0.15) is 58.8 Å². The molecule has 0 spiro atoms. The van der Waals surface area contributed by atoms with Crippen molar-refractivity contribution in [2.75, 3.05) is 19.8 Å². The highest BCUT2D eigenvalue weighted by Gasteiger charge is 2.57. The van der Waals surface area contributed by atoms with E-state index in [9.17, 15) is 19.5 Å². The smallest absolute Gasteiger partial charge is 0.310 e. The molecule has 2 amide bonds. The summed E-state index contributed by atoms with van der Waals surface area (Å²) in [5, 5.41) is 12.7. The van der Waals surface area contributed by atoms with Crippen LogP contribution in [-0.2, 0) is 19.1 Å². The summed E-state index contributed by atoms with van der Waals surface area (Å²) < 4.78 is 5.33. The van der Waals surface area contributed by atoms with Crippen LogP contribution in [0.2, 0.25) is 0 Å². The van der Waals surface area contributed by atoms with E-state index < -0.39 is 17.9 Å². The molecule has 0 unspecified atom stereocenters. The van der Waals surface area contributed by atoms with Gasteiger partial charge in [-0.25, -0.2) is 0 Å². The predicted molar refractivity (Wildman–Crippen MR) is 112 cm³/mol. The Morgan fingerprint density at radius 3 is 2.57 bits per heavy atom. The number of fused-ring (bicyclic) bond motifs is 1. The van der Waals surface area contributed by atoms with E-state index in [0.717, 1.165) is 38.5 Å². The third-order valence-corrected chi connectivity index (χ3v) is 6.85. The summed E-state index contributed by atoms with van der Waals surface area (Å²) >= 11 is 0. The monoisotopic (exact) mass is 420 g/mol. The lowest BCUT2D eigenvalue weighted by molar-refractivity contribution is -0.155. The van der Waals surface area contributed by atoms with Crippen LogP contribution in [0, 0.1) is 23.7 Å². The Morgan fingerprint density at radius 1 is 1.20 bits per heavy atom. The number of hydrogen-bond donors (Lipinski definition) is 2. The van der Waals surface area contributed by atoms with Gasteiger partial charge in [0.25, 0.3) is 0 Å². The van der Waals surface area contributed by atoms with E-state index in [0.29, 0.717) is 0 Å². The molecular weight excluding hydrogens is 384 g/mol. The summed E-state index contributed by atoms with van der Waals surface area (Å²) in [5.41, 5.74) is 0. The zero-order chi connectivity index (χ0) is 21.7. The number of aliphatic hydroxyl groups is 1. The highest BCUT2D eigenvalue weighted by Crippen LogP contribution is 2.45. The van der Waals surface area contributed by atoms with Gasteiger partial charge in [0.15, 0.2) is 0 Å². The fraction of sp³-hybridized carbons (Fsp3) is 0.783. The summed E-state index contributed by atoms with van der Waals surface area (Å²) in [6.07, 6.45) is 11.0. The first-order valence-electron chi connectivity index (χ1n) is 11.6. The number of likely N-dealkylation sites (tertiary alicyclic amines) is 1. The topological polar surface area (TPSA) is 95.9 Å². The second-order valence-electron chi connectivity index (χ2n) is 8.76. The van der Waals surface area contributed by atoms with Gasteiger partial charge in [-0.3, -0.25) is 14.4 Å². The van der Waals surface area contributed by atoms with E-state index in [-0.39, 0.29) is 55.4 Å². The molecule has 3 rings (SSSR count). The molecule has 2 N–H and O–H groups in total. The second kappa shape index (κ2) is 10.4. The van der Waals surface area contributed by atoms with Crippen LogP contribution in [-0.4, -0.2) is 59.6 Å². The van der Waals surface area contributed by atoms with Gasteiger partial charge in [-0.2, -0.15) is 0 Å². The molecule has 1 saturated heterocycles. The maximum atomic E-state index is 13.4. The van der Waals surface area contributed by atoms with Crippen molar-refractivity contribution < 1.29 is 24.2 Å². The molecule has 3 aliphatic rings. The molecule has 5 atom stereocenters. The highest BCUT2D eigenvalue weighted by molar-refractivity contribution is 5.96. The summed E-state index contributed by atoms with van der Waals surface area (Å²) in [7, 11) is 0. The Bertz CT molecular complexity index is 658. The largest absolute Gasteiger partial charge is 0.466 e. The first-order valence-corrected chi connectivity index (χ1v) is 11.6. The number of rotatable bonds is 8. The Balaban J connectivity index is 1.89. The van der Waals surface area contributed by atoms with Crippen LogP contribution in [0.15, 0.2) is 12.2 Å². The van der Waals surface area contributed by atoms with Crippen LogP contribution in [0.5, 0.6) is 0 Å². The van der Waals surface area contributed by atoms with E-state index >= 15 is 0 Å². The molecule has 0 radical (unpaired) electrons. The number of carbonyl (C=O) groups excluding carboxylic acids is 3. The fourth-order valence-corrected chi connectivity index (χ4v) is 5.55. The number of hydrogen-bond acceptors (Lipinski definition) is 5. The summed E-state index contributed by atoms with van der Waals surface area (Å²) in [5.74, 6) is -2.40. The summed E-state index contributed by atoms with van der Waals surface area (Å²) in [6.45, 7) is 3.95. The quantitative estimate of drug-likeness (QED) is 0.463. The molecule has 0 aromatic carbocycles. The van der Waals surface area contributed by atoms with Crippen molar-refractivity contribution >= 4 is 17.8 Å². The minimum atomic E-state index is -0.688. The molecule has 1 aliphatic heterocycles. The van der Waals surface area contributed by atoms with Crippen molar-refractivity contribution in [1.82, 2.24) is 10.2 Å². The molecule has 7 nitrogen and oxygen atoms in total. The lowest BCUT2D eigenvalue weighted by Crippen LogP contribution is -2.51. The van der Waals surface area contributed by atoms with E-state index in [1.54, 1.807) is 6.92 Å². The van der Waals surface area contributed by atoms with Gasteiger partial charge in [-0.05, 0) is 32.1 Å². The average molecular weight is 421 g/mol. The minimum absolute atomic E-state index is 0.0737. The molecule has 2 aliphatic carbocycles. The van der Waals surface area contributed by atoms with E-state index in [4.69, 9.17) is 4.74 Å². The number of nitrogens with one attached hydrogen (secondary N) is 1. The predicted octanol–water partition coefficient (Wildman–Crippen LogP) is 2.04. The van der Waals surface area contributed by atoms with Crippen molar-refractivity contribution in [2.45, 2.75) is 70.9 Å². The minimum Gasteiger partial charge on any atom is -0.466 e. The van der Waals surface area contributed by atoms with Crippen LogP contribution >= 0.6 is 0 Å². The van der Waals surface area contributed by atoms with Crippen molar-refractivity contribution in [3.63, 3.8) is 0 Å². The zero-order valence-electron chi connectivity index (χ0n) is 18.2. The zero-order valence-corrected chi connectivity index (χ0v) is 18.2. The van der Waals surface area contributed by atoms with E-state index in [2.05, 4.69) is 12.2 Å². The van der Waals surface area contributed by atoms with Crippen molar-refractivity contribution in [2.24, 2.45) is 23.7 Å². The van der Waals surface area contributed by atoms with Gasteiger partial charge in [-0.15, -0.1) is 0 Å². The van der Waals surface area contributed by atoms with Gasteiger partial charge >= 0.3 is 5.97 Å². The normalized spacial score (nSPS) is 31.5. The second-order valence-corrected chi connectivity index (χ2v) is 8.76. The highest BCUT2D eigenvalue weighted by atomic mass is 16.5. The van der Waals surface area contributed by atoms with Crippen molar-refractivity contribution in [1.29, 1.82) is 0 Å². The summed E-state index contributed by atoms with van der Waals surface area (Å²) in [4.78, 5) is 41.0. The van der Waals surface area contributed by atoms with Gasteiger partial charge in [0.05, 0.1) is 25.0 Å². The lowest BCUT2D eigenvalue weighted by atomic mass is 9.68. The Kier molecular flexibility index (Phi) is 7.92. The first kappa shape index (κ1) is 22.8. The maximum Gasteiger partial charge on any atom is 0.310 e. The SMILES string of the molecule is CCC[C@@H]1C=C[C@H]2[C@H](C(=O)N(CCO)[C@@H]2C(=O)NC2CCCCC2)[C@@H]1C(=O)OCC. The van der Waals surface area contributed by atoms with Gasteiger partial charge in [0.2, 0.25) is 11.8 Å². The number of nitrogens with zero attached hydrogens (tertiary/aromatic N) is 1. The van der Waals surface area contributed by atoms with Gasteiger partial charge in [0.1, 0.15) is 6.04 Å². The molecule has 0 aromatic heterocycles. The Morgan fingerprint density at radius 2 is 1.93 bits per heavy atom. The third kappa shape index (κ3) is 4.56. The molecule has 0 aromatic rings. The number of carbonyl (C=O) groups is 3. The van der Waals surface area contributed by atoms with Crippen LogP contribution in [0.3, 0.4) is 0 Å². The molecule has 168 valence electrons. The standard InChI is InChI=1S/C23H36N2O5/c1-3-8-15-11-12-17-19(18(15)23(29)30-4-2)22(28)25(13-14-26)20(17)21(27)24-16-9-6-5-7-10-16/h11-12,15-20,26H,3-10,13-14H2,1-2H3,(H,24,27)/t15-,17+,18-,19+,20+/m1/s1. The maximum absolute atomic E-state index is 13.4. The summed E-state index contributed by atoms with van der Waals surface area (Å²) in [6, 6.07) is -0.551. The molecule has 30 heavy (non-hydrogen) atoms. The molecule has 1 saturated carbocycles. The number of allylic oxidation sites excluding steroid dienone is 1. The van der Waals surface area contributed by atoms with Crippen LogP contribution in [0.4, 0.5) is 0 Å². The lowest BCUT2D eigenvalue weighted by Gasteiger charge is -2.34. The van der Waals surface area contributed by atoms with Gasteiger partial charge in [0, 0.05) is 18.5 Å². The van der Waals surface area contributed by atoms with E-state index in [1.807, 2.05) is 12.2 Å². The van der Waals surface area contributed by atoms with Crippen LogP contribution < -0.4 is 5.32 Å². The molecular formula is C23H36N2O5. The Hall–Kier alpha value is -1.89. The molecule has 2 fully saturated rings. The number of amides is 2. The molecule has 7 heteroatoms. The van der Waals surface area contributed by atoms with E-state index in [1.165, 1.54) is 11.3 Å². The molecule has 1 heterocycles. The Labute approximate surface area is 179 Å². The van der Waals surface area contributed by atoms with Gasteiger partial charge < -0.3 is 20.1 Å². The third-order valence-electron chi connectivity index (χ3n) is 6.85. The average Bonchev–Trinajstić information content (AvgIpc) is 3.01. The number of aliphatic hydroxyl groups excluding tert-OH is 1. The van der Waals surface area contributed by atoms with Crippen molar-refractivity contribution in [3.05, 3.63) is 12.2 Å². The molecule has 0 bridgehead atoms. The number of esters is 1.